The fourth-order valence-corrected chi connectivity index (χ4v) is 1.57. The van der Waals surface area contributed by atoms with Crippen molar-refractivity contribution in [2.45, 2.75) is 25.8 Å². The van der Waals surface area contributed by atoms with Gasteiger partial charge in [0.1, 0.15) is 6.04 Å². The van der Waals surface area contributed by atoms with Gasteiger partial charge in [-0.3, -0.25) is 4.79 Å². The highest BCUT2D eigenvalue weighted by atomic mass is 35.5. The third-order valence-electron chi connectivity index (χ3n) is 2.52. The minimum absolute atomic E-state index is 0.237. The Kier molecular flexibility index (Phi) is 4.77. The molecule has 1 aromatic carbocycles. The second-order valence-corrected chi connectivity index (χ2v) is 4.36. The largest absolute Gasteiger partial charge is 0.480 e. The van der Waals surface area contributed by atoms with Gasteiger partial charge in [0.05, 0.1) is 0 Å². The average molecular weight is 242 g/mol. The summed E-state index contributed by atoms with van der Waals surface area (Å²) in [5, 5.41) is 12.4. The molecule has 0 spiro atoms. The molecular formula is C12H16ClNO2. The molecule has 0 aliphatic carbocycles. The first-order valence-corrected chi connectivity index (χ1v) is 5.60. The van der Waals surface area contributed by atoms with Crippen molar-refractivity contribution < 1.29 is 9.90 Å². The SMILES string of the molecule is CC(CN[C@H](C)C(=O)O)c1cccc(Cl)c1. The quantitative estimate of drug-likeness (QED) is 0.833. The Morgan fingerprint density at radius 1 is 1.50 bits per heavy atom. The maximum atomic E-state index is 10.6. The Labute approximate surface area is 100 Å². The Morgan fingerprint density at radius 3 is 2.75 bits per heavy atom. The Morgan fingerprint density at radius 2 is 2.19 bits per heavy atom. The average Bonchev–Trinajstić information content (AvgIpc) is 2.25. The smallest absolute Gasteiger partial charge is 0.320 e. The molecule has 0 aliphatic rings. The lowest BCUT2D eigenvalue weighted by Crippen LogP contribution is -2.35. The number of halogens is 1. The summed E-state index contributed by atoms with van der Waals surface area (Å²) in [5.41, 5.74) is 1.11. The minimum Gasteiger partial charge on any atom is -0.480 e. The summed E-state index contributed by atoms with van der Waals surface area (Å²) < 4.78 is 0. The fourth-order valence-electron chi connectivity index (χ4n) is 1.37. The van der Waals surface area contributed by atoms with Crippen LogP contribution in [0.4, 0.5) is 0 Å². The van der Waals surface area contributed by atoms with Crippen LogP contribution in [0.1, 0.15) is 25.3 Å². The summed E-state index contributed by atoms with van der Waals surface area (Å²) in [6, 6.07) is 7.09. The second kappa shape index (κ2) is 5.87. The molecule has 0 aromatic heterocycles. The molecule has 0 aliphatic heterocycles. The summed E-state index contributed by atoms with van der Waals surface area (Å²) in [6.07, 6.45) is 0. The topological polar surface area (TPSA) is 49.3 Å². The number of carboxylic acids is 1. The van der Waals surface area contributed by atoms with Crippen LogP contribution in [0.2, 0.25) is 5.02 Å². The van der Waals surface area contributed by atoms with E-state index < -0.39 is 12.0 Å². The number of rotatable bonds is 5. The highest BCUT2D eigenvalue weighted by Crippen LogP contribution is 2.18. The zero-order chi connectivity index (χ0) is 12.1. The van der Waals surface area contributed by atoms with Crippen molar-refractivity contribution in [3.8, 4) is 0 Å². The van der Waals surface area contributed by atoms with E-state index in [2.05, 4.69) is 5.32 Å². The predicted octanol–water partition coefficient (Wildman–Crippen LogP) is 2.51. The summed E-state index contributed by atoms with van der Waals surface area (Å²) in [5.74, 6) is -0.598. The second-order valence-electron chi connectivity index (χ2n) is 3.92. The van der Waals surface area contributed by atoms with Gasteiger partial charge in [-0.15, -0.1) is 0 Å². The first kappa shape index (κ1) is 13.0. The van der Waals surface area contributed by atoms with Crippen LogP contribution < -0.4 is 5.32 Å². The lowest BCUT2D eigenvalue weighted by molar-refractivity contribution is -0.139. The highest BCUT2D eigenvalue weighted by molar-refractivity contribution is 6.30. The molecule has 4 heteroatoms. The molecule has 3 nitrogen and oxygen atoms in total. The van der Waals surface area contributed by atoms with Gasteiger partial charge in [-0.25, -0.2) is 0 Å². The van der Waals surface area contributed by atoms with E-state index in [0.29, 0.717) is 11.6 Å². The van der Waals surface area contributed by atoms with Gasteiger partial charge in [-0.1, -0.05) is 30.7 Å². The van der Waals surface area contributed by atoms with E-state index in [1.807, 2.05) is 31.2 Å². The Bertz CT molecular complexity index is 368. The highest BCUT2D eigenvalue weighted by Gasteiger charge is 2.12. The number of hydrogen-bond acceptors (Lipinski definition) is 2. The molecule has 0 radical (unpaired) electrons. The molecule has 1 rings (SSSR count). The third-order valence-corrected chi connectivity index (χ3v) is 2.75. The van der Waals surface area contributed by atoms with Crippen molar-refractivity contribution >= 4 is 17.6 Å². The summed E-state index contributed by atoms with van der Waals surface area (Å²) >= 11 is 5.89. The molecule has 88 valence electrons. The van der Waals surface area contributed by atoms with E-state index in [4.69, 9.17) is 16.7 Å². The van der Waals surface area contributed by atoms with Gasteiger partial charge in [0, 0.05) is 11.6 Å². The van der Waals surface area contributed by atoms with E-state index in [1.165, 1.54) is 0 Å². The maximum absolute atomic E-state index is 10.6. The molecular weight excluding hydrogens is 226 g/mol. The third kappa shape index (κ3) is 3.83. The van der Waals surface area contributed by atoms with Gasteiger partial charge in [0.15, 0.2) is 0 Å². The first-order valence-electron chi connectivity index (χ1n) is 5.22. The van der Waals surface area contributed by atoms with E-state index in [1.54, 1.807) is 6.92 Å². The maximum Gasteiger partial charge on any atom is 0.320 e. The van der Waals surface area contributed by atoms with Crippen LogP contribution >= 0.6 is 11.6 Å². The minimum atomic E-state index is -0.835. The molecule has 0 saturated carbocycles. The normalized spacial score (nSPS) is 14.4. The lowest BCUT2D eigenvalue weighted by Gasteiger charge is -2.15. The van der Waals surface area contributed by atoms with Crippen molar-refractivity contribution in [1.82, 2.24) is 5.32 Å². The standard InChI is InChI=1S/C12H16ClNO2/c1-8(7-14-9(2)12(15)16)10-4-3-5-11(13)6-10/h3-6,8-9,14H,7H2,1-2H3,(H,15,16)/t8?,9-/m1/s1. The zero-order valence-electron chi connectivity index (χ0n) is 9.40. The monoisotopic (exact) mass is 241 g/mol. The number of hydrogen-bond donors (Lipinski definition) is 2. The van der Waals surface area contributed by atoms with Crippen molar-refractivity contribution in [2.75, 3.05) is 6.54 Å². The molecule has 0 saturated heterocycles. The van der Waals surface area contributed by atoms with Gasteiger partial charge in [0.2, 0.25) is 0 Å². The number of carbonyl (C=O) groups is 1. The number of carboxylic acid groups (broad SMARTS) is 1. The van der Waals surface area contributed by atoms with Crippen LogP contribution in [-0.2, 0) is 4.79 Å². The first-order chi connectivity index (χ1) is 7.50. The number of nitrogens with one attached hydrogen (secondary N) is 1. The molecule has 1 unspecified atom stereocenters. The van der Waals surface area contributed by atoms with Gasteiger partial charge in [-0.05, 0) is 30.5 Å². The van der Waals surface area contributed by atoms with E-state index in [-0.39, 0.29) is 5.92 Å². The lowest BCUT2D eigenvalue weighted by atomic mass is 10.0. The summed E-state index contributed by atoms with van der Waals surface area (Å²) in [7, 11) is 0. The van der Waals surface area contributed by atoms with Crippen LogP contribution in [0.3, 0.4) is 0 Å². The molecule has 2 N–H and O–H groups in total. The van der Waals surface area contributed by atoms with Gasteiger partial charge in [0.25, 0.3) is 0 Å². The molecule has 0 bridgehead atoms. The fraction of sp³-hybridized carbons (Fsp3) is 0.417. The molecule has 0 amide bonds. The Balaban J connectivity index is 2.52. The van der Waals surface area contributed by atoms with Gasteiger partial charge >= 0.3 is 5.97 Å². The van der Waals surface area contributed by atoms with Crippen LogP contribution in [0.15, 0.2) is 24.3 Å². The van der Waals surface area contributed by atoms with Crippen molar-refractivity contribution in [3.05, 3.63) is 34.9 Å². The van der Waals surface area contributed by atoms with Gasteiger partial charge < -0.3 is 10.4 Å². The van der Waals surface area contributed by atoms with Gasteiger partial charge in [-0.2, -0.15) is 0 Å². The van der Waals surface area contributed by atoms with Crippen LogP contribution in [0, 0.1) is 0 Å². The summed E-state index contributed by atoms with van der Waals surface area (Å²) in [6.45, 7) is 4.29. The summed E-state index contributed by atoms with van der Waals surface area (Å²) in [4.78, 5) is 10.6. The predicted molar refractivity (Wildman–Crippen MR) is 65.0 cm³/mol. The van der Waals surface area contributed by atoms with Crippen LogP contribution in [0.25, 0.3) is 0 Å². The number of benzene rings is 1. The molecule has 0 fully saturated rings. The van der Waals surface area contributed by atoms with Crippen LogP contribution in [0.5, 0.6) is 0 Å². The molecule has 1 aromatic rings. The van der Waals surface area contributed by atoms with E-state index in [9.17, 15) is 4.79 Å². The van der Waals surface area contributed by atoms with E-state index in [0.717, 1.165) is 5.56 Å². The molecule has 2 atom stereocenters. The molecule has 0 heterocycles. The Hall–Kier alpha value is -1.06. The van der Waals surface area contributed by atoms with E-state index >= 15 is 0 Å². The van der Waals surface area contributed by atoms with Crippen molar-refractivity contribution in [1.29, 1.82) is 0 Å². The zero-order valence-corrected chi connectivity index (χ0v) is 10.2. The van der Waals surface area contributed by atoms with Crippen molar-refractivity contribution in [2.24, 2.45) is 0 Å². The van der Waals surface area contributed by atoms with Crippen molar-refractivity contribution in [3.63, 3.8) is 0 Å². The number of aliphatic carboxylic acids is 1. The van der Waals surface area contributed by atoms with Crippen LogP contribution in [-0.4, -0.2) is 23.7 Å². The molecule has 16 heavy (non-hydrogen) atoms.